The van der Waals surface area contributed by atoms with Crippen LogP contribution in [0.1, 0.15) is 0 Å². The van der Waals surface area contributed by atoms with E-state index in [9.17, 15) is 4.79 Å². The standard InChI is InChI=1S/C14H18N4O3/c1-20-11-7-9-3-4-16-13(10(9)8-12(11)21-2)17-5-6-18-14(15)19/h3-4,7-8H,5-6H2,1-2H3,(H,16,17)(H3,15,18,19). The maximum absolute atomic E-state index is 10.6. The fourth-order valence-electron chi connectivity index (χ4n) is 2.01. The molecule has 7 nitrogen and oxygen atoms in total. The Morgan fingerprint density at radius 3 is 2.62 bits per heavy atom. The maximum atomic E-state index is 10.6. The molecule has 2 amide bonds. The molecular formula is C14H18N4O3. The van der Waals surface area contributed by atoms with Crippen molar-refractivity contribution in [2.24, 2.45) is 5.73 Å². The van der Waals surface area contributed by atoms with Crippen LogP contribution in [0.25, 0.3) is 10.8 Å². The lowest BCUT2D eigenvalue weighted by molar-refractivity contribution is 0.249. The van der Waals surface area contributed by atoms with Crippen molar-refractivity contribution < 1.29 is 14.3 Å². The summed E-state index contributed by atoms with van der Waals surface area (Å²) in [4.78, 5) is 14.9. The molecule has 0 bridgehead atoms. The fraction of sp³-hybridized carbons (Fsp3) is 0.286. The van der Waals surface area contributed by atoms with Gasteiger partial charge in [0.05, 0.1) is 14.2 Å². The summed E-state index contributed by atoms with van der Waals surface area (Å²) in [6, 6.07) is 5.10. The van der Waals surface area contributed by atoms with E-state index >= 15 is 0 Å². The number of pyridine rings is 1. The van der Waals surface area contributed by atoms with Crippen LogP contribution in [0.4, 0.5) is 10.6 Å². The van der Waals surface area contributed by atoms with Gasteiger partial charge in [0.2, 0.25) is 0 Å². The van der Waals surface area contributed by atoms with Gasteiger partial charge in [0, 0.05) is 24.7 Å². The van der Waals surface area contributed by atoms with Crippen molar-refractivity contribution in [2.75, 3.05) is 32.6 Å². The number of benzene rings is 1. The minimum atomic E-state index is -0.547. The van der Waals surface area contributed by atoms with Gasteiger partial charge in [-0.1, -0.05) is 0 Å². The third-order valence-corrected chi connectivity index (χ3v) is 2.99. The molecule has 0 aliphatic rings. The molecule has 1 aromatic carbocycles. The highest BCUT2D eigenvalue weighted by molar-refractivity contribution is 5.94. The SMILES string of the molecule is COc1cc2ccnc(NCCNC(N)=O)c2cc1OC. The number of hydrogen-bond donors (Lipinski definition) is 3. The van der Waals surface area contributed by atoms with Gasteiger partial charge < -0.3 is 25.8 Å². The third-order valence-electron chi connectivity index (χ3n) is 2.99. The van der Waals surface area contributed by atoms with Gasteiger partial charge in [0.1, 0.15) is 5.82 Å². The van der Waals surface area contributed by atoms with Crippen LogP contribution in [0.3, 0.4) is 0 Å². The lowest BCUT2D eigenvalue weighted by atomic mass is 10.1. The number of hydrogen-bond acceptors (Lipinski definition) is 5. The number of rotatable bonds is 6. The van der Waals surface area contributed by atoms with E-state index in [0.717, 1.165) is 10.8 Å². The number of anilines is 1. The number of carbonyl (C=O) groups excluding carboxylic acids is 1. The van der Waals surface area contributed by atoms with Crippen LogP contribution < -0.4 is 25.8 Å². The summed E-state index contributed by atoms with van der Waals surface area (Å²) in [6.07, 6.45) is 1.71. The predicted octanol–water partition coefficient (Wildman–Crippen LogP) is 1.33. The maximum Gasteiger partial charge on any atom is 0.312 e. The summed E-state index contributed by atoms with van der Waals surface area (Å²) >= 11 is 0. The second kappa shape index (κ2) is 6.65. The summed E-state index contributed by atoms with van der Waals surface area (Å²) in [5.74, 6) is 2.01. The highest BCUT2D eigenvalue weighted by atomic mass is 16.5. The number of methoxy groups -OCH3 is 2. The molecule has 0 aliphatic carbocycles. The highest BCUT2D eigenvalue weighted by Crippen LogP contribution is 2.34. The van der Waals surface area contributed by atoms with Crippen LogP contribution >= 0.6 is 0 Å². The van der Waals surface area contributed by atoms with E-state index in [4.69, 9.17) is 15.2 Å². The number of fused-ring (bicyclic) bond motifs is 1. The average Bonchev–Trinajstić information content (AvgIpc) is 2.49. The molecule has 0 saturated heterocycles. The number of nitrogens with two attached hydrogens (primary N) is 1. The highest BCUT2D eigenvalue weighted by Gasteiger charge is 2.09. The predicted molar refractivity (Wildman–Crippen MR) is 80.9 cm³/mol. The minimum Gasteiger partial charge on any atom is -0.493 e. The van der Waals surface area contributed by atoms with Crippen molar-refractivity contribution >= 4 is 22.6 Å². The Hall–Kier alpha value is -2.70. The van der Waals surface area contributed by atoms with Crippen molar-refractivity contribution in [3.63, 3.8) is 0 Å². The van der Waals surface area contributed by atoms with Crippen LogP contribution in [0, 0.1) is 0 Å². The normalized spacial score (nSPS) is 10.2. The summed E-state index contributed by atoms with van der Waals surface area (Å²) in [7, 11) is 3.18. The van der Waals surface area contributed by atoms with E-state index in [2.05, 4.69) is 15.6 Å². The van der Waals surface area contributed by atoms with E-state index in [0.29, 0.717) is 30.4 Å². The Morgan fingerprint density at radius 2 is 1.95 bits per heavy atom. The molecule has 4 N–H and O–H groups in total. The molecule has 0 fully saturated rings. The Kier molecular flexibility index (Phi) is 4.65. The largest absolute Gasteiger partial charge is 0.493 e. The van der Waals surface area contributed by atoms with Gasteiger partial charge in [-0.25, -0.2) is 9.78 Å². The van der Waals surface area contributed by atoms with E-state index < -0.39 is 6.03 Å². The van der Waals surface area contributed by atoms with Crippen LogP contribution in [0.15, 0.2) is 24.4 Å². The first-order valence-electron chi connectivity index (χ1n) is 6.43. The van der Waals surface area contributed by atoms with E-state index in [-0.39, 0.29) is 0 Å². The Morgan fingerprint density at radius 1 is 1.24 bits per heavy atom. The smallest absolute Gasteiger partial charge is 0.312 e. The Labute approximate surface area is 122 Å². The number of nitrogens with zero attached hydrogens (tertiary/aromatic N) is 1. The lowest BCUT2D eigenvalue weighted by Gasteiger charge is -2.12. The summed E-state index contributed by atoms with van der Waals surface area (Å²) in [5, 5.41) is 7.55. The Bertz CT molecular complexity index is 645. The first kappa shape index (κ1) is 14.7. The molecule has 0 spiro atoms. The molecule has 0 saturated carbocycles. The van der Waals surface area contributed by atoms with Crippen molar-refractivity contribution in [3.8, 4) is 11.5 Å². The molecule has 0 aliphatic heterocycles. The van der Waals surface area contributed by atoms with Gasteiger partial charge in [-0.15, -0.1) is 0 Å². The molecule has 0 radical (unpaired) electrons. The van der Waals surface area contributed by atoms with Crippen LogP contribution in [0.2, 0.25) is 0 Å². The second-order valence-electron chi connectivity index (χ2n) is 4.31. The molecule has 21 heavy (non-hydrogen) atoms. The van der Waals surface area contributed by atoms with Crippen LogP contribution in [-0.2, 0) is 0 Å². The summed E-state index contributed by atoms with van der Waals surface area (Å²) in [5.41, 5.74) is 5.01. The minimum absolute atomic E-state index is 0.417. The monoisotopic (exact) mass is 290 g/mol. The van der Waals surface area contributed by atoms with Crippen LogP contribution in [0.5, 0.6) is 11.5 Å². The number of ether oxygens (including phenoxy) is 2. The Balaban J connectivity index is 2.25. The van der Waals surface area contributed by atoms with Gasteiger partial charge >= 0.3 is 6.03 Å². The van der Waals surface area contributed by atoms with E-state index in [1.807, 2.05) is 18.2 Å². The molecule has 112 valence electrons. The molecule has 2 rings (SSSR count). The molecule has 1 aromatic heterocycles. The van der Waals surface area contributed by atoms with Gasteiger partial charge in [-0.2, -0.15) is 0 Å². The molecule has 2 aromatic rings. The average molecular weight is 290 g/mol. The first-order chi connectivity index (χ1) is 10.2. The zero-order valence-corrected chi connectivity index (χ0v) is 12.0. The van der Waals surface area contributed by atoms with Gasteiger partial charge in [-0.3, -0.25) is 0 Å². The van der Waals surface area contributed by atoms with Crippen molar-refractivity contribution in [3.05, 3.63) is 24.4 Å². The van der Waals surface area contributed by atoms with E-state index in [1.54, 1.807) is 20.4 Å². The zero-order valence-electron chi connectivity index (χ0n) is 12.0. The van der Waals surface area contributed by atoms with Crippen molar-refractivity contribution in [1.29, 1.82) is 0 Å². The molecule has 1 heterocycles. The molecule has 0 atom stereocenters. The lowest BCUT2D eigenvalue weighted by Crippen LogP contribution is -2.33. The van der Waals surface area contributed by atoms with Gasteiger partial charge in [-0.05, 0) is 23.6 Å². The number of amides is 2. The van der Waals surface area contributed by atoms with Crippen molar-refractivity contribution in [1.82, 2.24) is 10.3 Å². The number of primary amides is 1. The molecule has 7 heteroatoms. The van der Waals surface area contributed by atoms with E-state index in [1.165, 1.54) is 0 Å². The summed E-state index contributed by atoms with van der Waals surface area (Å²) in [6.45, 7) is 0.935. The third kappa shape index (κ3) is 3.44. The molecule has 0 unspecified atom stereocenters. The second-order valence-corrected chi connectivity index (χ2v) is 4.31. The zero-order chi connectivity index (χ0) is 15.2. The number of carbonyl (C=O) groups is 1. The van der Waals surface area contributed by atoms with Crippen LogP contribution in [-0.4, -0.2) is 38.3 Å². The fourth-order valence-corrected chi connectivity index (χ4v) is 2.01. The summed E-state index contributed by atoms with van der Waals surface area (Å²) < 4.78 is 10.6. The van der Waals surface area contributed by atoms with Gasteiger partial charge in [0.25, 0.3) is 0 Å². The van der Waals surface area contributed by atoms with Crippen molar-refractivity contribution in [2.45, 2.75) is 0 Å². The topological polar surface area (TPSA) is 98.5 Å². The van der Waals surface area contributed by atoms with Gasteiger partial charge in [0.15, 0.2) is 11.5 Å². The molecular weight excluding hydrogens is 272 g/mol. The number of aromatic nitrogens is 1. The quantitative estimate of drug-likeness (QED) is 0.697. The number of urea groups is 1. The first-order valence-corrected chi connectivity index (χ1v) is 6.43. The number of nitrogens with one attached hydrogen (secondary N) is 2.